The van der Waals surface area contributed by atoms with Crippen LogP contribution >= 0.6 is 11.8 Å². The lowest BCUT2D eigenvalue weighted by atomic mass is 10.2. The topological polar surface area (TPSA) is 30.5 Å². The van der Waals surface area contributed by atoms with Gasteiger partial charge in [-0.15, -0.1) is 0 Å². The highest BCUT2D eigenvalue weighted by Gasteiger charge is 2.32. The number of anilines is 1. The van der Waals surface area contributed by atoms with Crippen LogP contribution in [0.15, 0.2) is 18.2 Å². The summed E-state index contributed by atoms with van der Waals surface area (Å²) in [6.07, 6.45) is 1.23. The van der Waals surface area contributed by atoms with Gasteiger partial charge in [-0.25, -0.2) is 0 Å². The molecular weight excluding hydrogens is 246 g/mol. The molecule has 3 rings (SSSR count). The zero-order chi connectivity index (χ0) is 12.8. The summed E-state index contributed by atoms with van der Waals surface area (Å²) in [7, 11) is 0. The summed E-state index contributed by atoms with van der Waals surface area (Å²) in [6.45, 7) is 6.14. The third kappa shape index (κ3) is 2.39. The summed E-state index contributed by atoms with van der Waals surface area (Å²) in [5.41, 5.74) is 1.12. The van der Waals surface area contributed by atoms with E-state index in [2.05, 4.69) is 18.3 Å². The fourth-order valence-corrected chi connectivity index (χ4v) is 3.61. The van der Waals surface area contributed by atoms with Crippen molar-refractivity contribution in [2.45, 2.75) is 44.3 Å². The maximum absolute atomic E-state index is 5.75. The van der Waals surface area contributed by atoms with Crippen molar-refractivity contribution in [3.8, 4) is 11.5 Å². The Morgan fingerprint density at radius 3 is 2.78 bits per heavy atom. The lowest BCUT2D eigenvalue weighted by molar-refractivity contribution is -0.0431. The minimum absolute atomic E-state index is 0.543. The largest absolute Gasteiger partial charge is 0.449 e. The van der Waals surface area contributed by atoms with Crippen LogP contribution in [-0.2, 0) is 0 Å². The van der Waals surface area contributed by atoms with Crippen molar-refractivity contribution >= 4 is 17.4 Å². The molecule has 0 saturated carbocycles. The minimum Gasteiger partial charge on any atom is -0.449 e. The third-order valence-corrected chi connectivity index (χ3v) is 4.58. The lowest BCUT2D eigenvalue weighted by Crippen LogP contribution is -2.29. The Kier molecular flexibility index (Phi) is 2.85. The minimum atomic E-state index is -0.543. The number of fused-ring (bicyclic) bond motifs is 1. The van der Waals surface area contributed by atoms with Crippen LogP contribution in [0.4, 0.5) is 5.69 Å². The molecule has 0 aromatic heterocycles. The first-order chi connectivity index (χ1) is 8.52. The molecule has 0 spiro atoms. The first-order valence-corrected chi connectivity index (χ1v) is 7.47. The van der Waals surface area contributed by atoms with E-state index in [9.17, 15) is 0 Å². The van der Waals surface area contributed by atoms with E-state index in [0.29, 0.717) is 6.04 Å². The van der Waals surface area contributed by atoms with E-state index in [1.165, 1.54) is 12.2 Å². The Balaban J connectivity index is 1.72. The van der Waals surface area contributed by atoms with E-state index >= 15 is 0 Å². The predicted octanol–water partition coefficient (Wildman–Crippen LogP) is 3.50. The van der Waals surface area contributed by atoms with Crippen LogP contribution in [0.1, 0.15) is 27.2 Å². The molecule has 1 aromatic rings. The molecule has 2 heterocycles. The Morgan fingerprint density at radius 1 is 1.28 bits per heavy atom. The molecule has 4 heteroatoms. The Hall–Kier alpha value is -1.03. The normalized spacial score (nSPS) is 28.4. The van der Waals surface area contributed by atoms with Crippen LogP contribution in [0.5, 0.6) is 11.5 Å². The van der Waals surface area contributed by atoms with Crippen molar-refractivity contribution in [2.75, 3.05) is 11.1 Å². The average Bonchev–Trinajstić information content (AvgIpc) is 2.80. The first-order valence-electron chi connectivity index (χ1n) is 6.42. The number of hydrogen-bond donors (Lipinski definition) is 1. The second-order valence-corrected chi connectivity index (χ2v) is 6.96. The number of ether oxygens (including phenoxy) is 2. The van der Waals surface area contributed by atoms with Crippen LogP contribution in [0, 0.1) is 0 Å². The molecule has 1 fully saturated rings. The van der Waals surface area contributed by atoms with Gasteiger partial charge < -0.3 is 14.8 Å². The molecule has 18 heavy (non-hydrogen) atoms. The molecule has 2 unspecified atom stereocenters. The summed E-state index contributed by atoms with van der Waals surface area (Å²) >= 11 is 2.03. The first kappa shape index (κ1) is 12.0. The van der Waals surface area contributed by atoms with Gasteiger partial charge >= 0.3 is 0 Å². The molecule has 0 aliphatic carbocycles. The zero-order valence-corrected chi connectivity index (χ0v) is 11.8. The summed E-state index contributed by atoms with van der Waals surface area (Å²) in [6, 6.07) is 6.66. The monoisotopic (exact) mass is 265 g/mol. The smallest absolute Gasteiger partial charge is 0.246 e. The van der Waals surface area contributed by atoms with E-state index in [-0.39, 0.29) is 0 Å². The van der Waals surface area contributed by atoms with Crippen molar-refractivity contribution in [2.24, 2.45) is 0 Å². The van der Waals surface area contributed by atoms with Crippen LogP contribution in [0.2, 0.25) is 0 Å². The van der Waals surface area contributed by atoms with Crippen molar-refractivity contribution in [3.63, 3.8) is 0 Å². The molecule has 3 nitrogen and oxygen atoms in total. The summed E-state index contributed by atoms with van der Waals surface area (Å²) in [5.74, 6) is 2.31. The van der Waals surface area contributed by atoms with E-state index < -0.39 is 5.79 Å². The van der Waals surface area contributed by atoms with Gasteiger partial charge in [0.15, 0.2) is 11.5 Å². The SMILES string of the molecule is CC1CC(Nc2ccc3c(c2)OC(C)(C)O3)CS1. The number of nitrogens with one attached hydrogen (secondary N) is 1. The van der Waals surface area contributed by atoms with Crippen molar-refractivity contribution in [3.05, 3.63) is 18.2 Å². The fraction of sp³-hybridized carbons (Fsp3) is 0.571. The van der Waals surface area contributed by atoms with Gasteiger partial charge in [-0.2, -0.15) is 11.8 Å². The zero-order valence-electron chi connectivity index (χ0n) is 11.0. The van der Waals surface area contributed by atoms with E-state index in [4.69, 9.17) is 9.47 Å². The molecule has 0 amide bonds. The van der Waals surface area contributed by atoms with Gasteiger partial charge in [0.2, 0.25) is 5.79 Å². The van der Waals surface area contributed by atoms with Gasteiger partial charge in [0.1, 0.15) is 0 Å². The van der Waals surface area contributed by atoms with Gasteiger partial charge in [0, 0.05) is 42.6 Å². The third-order valence-electron chi connectivity index (χ3n) is 3.22. The Labute approximate surface area is 112 Å². The maximum Gasteiger partial charge on any atom is 0.246 e. The molecule has 1 aromatic carbocycles. The molecule has 1 saturated heterocycles. The number of hydrogen-bond acceptors (Lipinski definition) is 4. The van der Waals surface area contributed by atoms with E-state index in [1.807, 2.05) is 37.7 Å². The van der Waals surface area contributed by atoms with E-state index in [0.717, 1.165) is 22.4 Å². The number of thioether (sulfide) groups is 1. The molecule has 0 bridgehead atoms. The van der Waals surface area contributed by atoms with Crippen LogP contribution in [-0.4, -0.2) is 22.8 Å². The second kappa shape index (κ2) is 4.26. The summed E-state index contributed by atoms with van der Waals surface area (Å²) in [4.78, 5) is 0. The van der Waals surface area contributed by atoms with Gasteiger partial charge in [-0.05, 0) is 18.6 Å². The van der Waals surface area contributed by atoms with Crippen molar-refractivity contribution in [1.82, 2.24) is 0 Å². The Morgan fingerprint density at radius 2 is 2.06 bits per heavy atom. The highest BCUT2D eigenvalue weighted by atomic mass is 32.2. The van der Waals surface area contributed by atoms with E-state index in [1.54, 1.807) is 0 Å². The fourth-order valence-electron chi connectivity index (χ4n) is 2.47. The standard InChI is InChI=1S/C14H19NO2S/c1-9-6-11(8-18-9)15-10-4-5-12-13(7-10)17-14(2,3)16-12/h4-5,7,9,11,15H,6,8H2,1-3H3. The molecule has 2 atom stereocenters. The highest BCUT2D eigenvalue weighted by Crippen LogP contribution is 2.41. The summed E-state index contributed by atoms with van der Waals surface area (Å²) in [5, 5.41) is 4.33. The quantitative estimate of drug-likeness (QED) is 0.886. The van der Waals surface area contributed by atoms with Gasteiger partial charge in [-0.1, -0.05) is 6.92 Å². The van der Waals surface area contributed by atoms with Crippen LogP contribution in [0.3, 0.4) is 0 Å². The predicted molar refractivity (Wildman–Crippen MR) is 75.7 cm³/mol. The lowest BCUT2D eigenvalue weighted by Gasteiger charge is -2.16. The molecule has 98 valence electrons. The average molecular weight is 265 g/mol. The molecule has 0 radical (unpaired) electrons. The molecular formula is C14H19NO2S. The molecule has 1 N–H and O–H groups in total. The molecule has 2 aliphatic rings. The van der Waals surface area contributed by atoms with Crippen LogP contribution < -0.4 is 14.8 Å². The molecule has 2 aliphatic heterocycles. The Bertz CT molecular complexity index is 461. The van der Waals surface area contributed by atoms with Gasteiger partial charge in [0.05, 0.1) is 0 Å². The summed E-state index contributed by atoms with van der Waals surface area (Å²) < 4.78 is 11.4. The van der Waals surface area contributed by atoms with Gasteiger partial charge in [0.25, 0.3) is 0 Å². The second-order valence-electron chi connectivity index (χ2n) is 5.49. The van der Waals surface area contributed by atoms with Crippen molar-refractivity contribution < 1.29 is 9.47 Å². The van der Waals surface area contributed by atoms with Gasteiger partial charge in [-0.3, -0.25) is 0 Å². The van der Waals surface area contributed by atoms with Crippen LogP contribution in [0.25, 0.3) is 0 Å². The maximum atomic E-state index is 5.75. The number of rotatable bonds is 2. The van der Waals surface area contributed by atoms with Crippen molar-refractivity contribution in [1.29, 1.82) is 0 Å². The number of benzene rings is 1. The highest BCUT2D eigenvalue weighted by molar-refractivity contribution is 8.00.